The summed E-state index contributed by atoms with van der Waals surface area (Å²) in [6.07, 6.45) is 0. The fraction of sp³-hybridized carbons (Fsp3) is 0.364. The Balaban J connectivity index is 1.67. The normalized spacial score (nSPS) is 15.0. The second-order valence-corrected chi connectivity index (χ2v) is 7.56. The average molecular weight is 397 g/mol. The van der Waals surface area contributed by atoms with Gasteiger partial charge in [0.2, 0.25) is 5.91 Å². The van der Waals surface area contributed by atoms with Gasteiger partial charge in [-0.05, 0) is 50.6 Å². The molecule has 0 saturated carbocycles. The third-order valence-corrected chi connectivity index (χ3v) is 4.85. The van der Waals surface area contributed by atoms with Gasteiger partial charge in [-0.15, -0.1) is 0 Å². The number of carbonyl (C=O) groups excluding carboxylic acids is 2. The Morgan fingerprint density at radius 3 is 2.59 bits per heavy atom. The largest absolute Gasteiger partial charge is 0.497 e. The first-order valence-corrected chi connectivity index (χ1v) is 9.60. The molecule has 0 saturated heterocycles. The van der Waals surface area contributed by atoms with Crippen LogP contribution in [0.1, 0.15) is 26.3 Å². The lowest BCUT2D eigenvalue weighted by molar-refractivity contribution is -0.127. The van der Waals surface area contributed by atoms with Gasteiger partial charge >= 0.3 is 6.03 Å². The standard InChI is InChI=1S/C22H27N3O4/c1-5-25-18-11-8-16(12-19(18)29-14-22(2,3)20(25)26)24-21(27)23-13-15-6-9-17(28-4)10-7-15/h6-12H,5,13-14H2,1-4H3,(H2,23,24,27). The highest BCUT2D eigenvalue weighted by Crippen LogP contribution is 2.38. The van der Waals surface area contributed by atoms with Crippen LogP contribution in [0.2, 0.25) is 0 Å². The third-order valence-electron chi connectivity index (χ3n) is 4.85. The van der Waals surface area contributed by atoms with Crippen LogP contribution in [0, 0.1) is 5.41 Å². The number of nitrogens with one attached hydrogen (secondary N) is 2. The van der Waals surface area contributed by atoms with Gasteiger partial charge in [0.05, 0.1) is 18.2 Å². The zero-order chi connectivity index (χ0) is 21.0. The molecule has 0 bridgehead atoms. The van der Waals surface area contributed by atoms with Gasteiger partial charge in [-0.3, -0.25) is 4.79 Å². The van der Waals surface area contributed by atoms with E-state index in [2.05, 4.69) is 10.6 Å². The topological polar surface area (TPSA) is 79.9 Å². The number of rotatable bonds is 5. The predicted molar refractivity (Wildman–Crippen MR) is 113 cm³/mol. The molecule has 0 aromatic heterocycles. The third kappa shape index (κ3) is 4.62. The quantitative estimate of drug-likeness (QED) is 0.805. The van der Waals surface area contributed by atoms with Crippen LogP contribution in [0.25, 0.3) is 0 Å². The molecule has 0 radical (unpaired) electrons. The van der Waals surface area contributed by atoms with E-state index in [0.29, 0.717) is 30.2 Å². The number of amides is 3. The lowest BCUT2D eigenvalue weighted by Gasteiger charge is -2.26. The van der Waals surface area contributed by atoms with Crippen LogP contribution in [0.5, 0.6) is 11.5 Å². The number of hydrogen-bond acceptors (Lipinski definition) is 4. The number of nitrogens with zero attached hydrogens (tertiary/aromatic N) is 1. The fourth-order valence-electron chi connectivity index (χ4n) is 3.14. The van der Waals surface area contributed by atoms with Crippen molar-refractivity contribution in [2.24, 2.45) is 5.41 Å². The molecule has 0 fully saturated rings. The minimum Gasteiger partial charge on any atom is -0.497 e. The molecule has 1 heterocycles. The van der Waals surface area contributed by atoms with Crippen molar-refractivity contribution in [3.05, 3.63) is 48.0 Å². The van der Waals surface area contributed by atoms with Crippen LogP contribution < -0.4 is 25.0 Å². The van der Waals surface area contributed by atoms with Crippen molar-refractivity contribution in [1.82, 2.24) is 5.32 Å². The van der Waals surface area contributed by atoms with Crippen LogP contribution in [-0.4, -0.2) is 32.2 Å². The Morgan fingerprint density at radius 2 is 1.93 bits per heavy atom. The smallest absolute Gasteiger partial charge is 0.319 e. The van der Waals surface area contributed by atoms with Gasteiger partial charge in [0.25, 0.3) is 0 Å². The van der Waals surface area contributed by atoms with E-state index in [9.17, 15) is 9.59 Å². The fourth-order valence-corrected chi connectivity index (χ4v) is 3.14. The number of carbonyl (C=O) groups is 2. The molecule has 2 aromatic carbocycles. The van der Waals surface area contributed by atoms with Crippen LogP contribution in [0.3, 0.4) is 0 Å². The number of methoxy groups -OCH3 is 1. The average Bonchev–Trinajstić information content (AvgIpc) is 2.81. The number of hydrogen-bond donors (Lipinski definition) is 2. The highest BCUT2D eigenvalue weighted by molar-refractivity contribution is 6.00. The Morgan fingerprint density at radius 1 is 1.21 bits per heavy atom. The summed E-state index contributed by atoms with van der Waals surface area (Å²) < 4.78 is 11.0. The van der Waals surface area contributed by atoms with Gasteiger partial charge < -0.3 is 25.0 Å². The summed E-state index contributed by atoms with van der Waals surface area (Å²) in [5.41, 5.74) is 1.66. The van der Waals surface area contributed by atoms with E-state index in [-0.39, 0.29) is 18.5 Å². The maximum Gasteiger partial charge on any atom is 0.319 e. The van der Waals surface area contributed by atoms with Crippen LogP contribution >= 0.6 is 0 Å². The minimum absolute atomic E-state index is 0.0247. The Hall–Kier alpha value is -3.22. The number of ether oxygens (including phenoxy) is 2. The van der Waals surface area contributed by atoms with E-state index in [1.165, 1.54) is 0 Å². The zero-order valence-electron chi connectivity index (χ0n) is 17.2. The Labute approximate surface area is 171 Å². The second-order valence-electron chi connectivity index (χ2n) is 7.56. The van der Waals surface area contributed by atoms with E-state index < -0.39 is 5.41 Å². The van der Waals surface area contributed by atoms with Gasteiger partial charge in [0.15, 0.2) is 0 Å². The summed E-state index contributed by atoms with van der Waals surface area (Å²) >= 11 is 0. The number of anilines is 2. The van der Waals surface area contributed by atoms with Gasteiger partial charge in [0.1, 0.15) is 18.1 Å². The molecule has 29 heavy (non-hydrogen) atoms. The predicted octanol–water partition coefficient (Wildman–Crippen LogP) is 3.79. The highest BCUT2D eigenvalue weighted by atomic mass is 16.5. The molecular weight excluding hydrogens is 370 g/mol. The summed E-state index contributed by atoms with van der Waals surface area (Å²) in [4.78, 5) is 26.7. The maximum atomic E-state index is 12.7. The lowest BCUT2D eigenvalue weighted by Crippen LogP contribution is -2.42. The van der Waals surface area contributed by atoms with Crippen molar-refractivity contribution >= 4 is 23.3 Å². The summed E-state index contributed by atoms with van der Waals surface area (Å²) in [6.45, 7) is 6.90. The molecule has 0 atom stereocenters. The van der Waals surface area contributed by atoms with Gasteiger partial charge in [0, 0.05) is 24.8 Å². The number of fused-ring (bicyclic) bond motifs is 1. The molecule has 0 unspecified atom stereocenters. The van der Waals surface area contributed by atoms with Gasteiger partial charge in [-0.1, -0.05) is 12.1 Å². The second kappa shape index (κ2) is 8.43. The summed E-state index contributed by atoms with van der Waals surface area (Å²) in [6, 6.07) is 12.5. The van der Waals surface area contributed by atoms with Crippen molar-refractivity contribution in [2.75, 3.05) is 30.5 Å². The molecular formula is C22H27N3O4. The lowest BCUT2D eigenvalue weighted by atomic mass is 9.93. The van der Waals surface area contributed by atoms with Gasteiger partial charge in [-0.2, -0.15) is 0 Å². The molecule has 3 amide bonds. The maximum absolute atomic E-state index is 12.7. The molecule has 2 aromatic rings. The monoisotopic (exact) mass is 397 g/mol. The molecule has 0 aliphatic carbocycles. The molecule has 3 rings (SSSR count). The van der Waals surface area contributed by atoms with Crippen LogP contribution in [0.15, 0.2) is 42.5 Å². The van der Waals surface area contributed by atoms with Crippen molar-refractivity contribution < 1.29 is 19.1 Å². The van der Waals surface area contributed by atoms with E-state index >= 15 is 0 Å². The summed E-state index contributed by atoms with van der Waals surface area (Å²) in [7, 11) is 1.61. The Bertz CT molecular complexity index is 893. The molecule has 7 heteroatoms. The Kier molecular flexibility index (Phi) is 5.96. The number of benzene rings is 2. The molecule has 154 valence electrons. The SMILES string of the molecule is CCN1C(=O)C(C)(C)COc2cc(NC(=O)NCc3ccc(OC)cc3)ccc21. The van der Waals surface area contributed by atoms with E-state index in [1.54, 1.807) is 30.2 Å². The van der Waals surface area contributed by atoms with Crippen LogP contribution in [0.4, 0.5) is 16.2 Å². The highest BCUT2D eigenvalue weighted by Gasteiger charge is 2.37. The molecule has 1 aliphatic heterocycles. The minimum atomic E-state index is -0.613. The first-order chi connectivity index (χ1) is 13.8. The van der Waals surface area contributed by atoms with E-state index in [0.717, 1.165) is 11.3 Å². The van der Waals surface area contributed by atoms with Crippen molar-refractivity contribution in [3.8, 4) is 11.5 Å². The first-order valence-electron chi connectivity index (χ1n) is 9.60. The van der Waals surface area contributed by atoms with Crippen molar-refractivity contribution in [1.29, 1.82) is 0 Å². The molecule has 0 spiro atoms. The van der Waals surface area contributed by atoms with Crippen molar-refractivity contribution in [3.63, 3.8) is 0 Å². The summed E-state index contributed by atoms with van der Waals surface area (Å²) in [5, 5.41) is 5.63. The molecule has 7 nitrogen and oxygen atoms in total. The zero-order valence-corrected chi connectivity index (χ0v) is 17.2. The van der Waals surface area contributed by atoms with E-state index in [1.807, 2.05) is 45.0 Å². The summed E-state index contributed by atoms with van der Waals surface area (Å²) in [5.74, 6) is 1.38. The molecule has 2 N–H and O–H groups in total. The molecule has 1 aliphatic rings. The van der Waals surface area contributed by atoms with Crippen molar-refractivity contribution in [2.45, 2.75) is 27.3 Å². The van der Waals surface area contributed by atoms with Gasteiger partial charge in [-0.25, -0.2) is 4.79 Å². The first kappa shape index (κ1) is 20.5. The van der Waals surface area contributed by atoms with E-state index in [4.69, 9.17) is 9.47 Å². The van der Waals surface area contributed by atoms with Crippen LogP contribution in [-0.2, 0) is 11.3 Å². The number of urea groups is 1.